The number of benzene rings is 2. The summed E-state index contributed by atoms with van der Waals surface area (Å²) in [6, 6.07) is 28.7. The van der Waals surface area contributed by atoms with Crippen molar-refractivity contribution in [2.24, 2.45) is 5.92 Å². The molecule has 1 heterocycles. The van der Waals surface area contributed by atoms with E-state index in [4.69, 9.17) is 15.5 Å². The second-order valence-electron chi connectivity index (χ2n) is 6.17. The van der Waals surface area contributed by atoms with E-state index in [0.717, 1.165) is 40.9 Å². The molecule has 0 radical (unpaired) electrons. The van der Waals surface area contributed by atoms with Gasteiger partial charge >= 0.3 is 0 Å². The first-order valence-electron chi connectivity index (χ1n) is 8.71. The molecule has 1 aromatic heterocycles. The van der Waals surface area contributed by atoms with E-state index < -0.39 is 5.92 Å². The van der Waals surface area contributed by atoms with Crippen LogP contribution in [0.3, 0.4) is 0 Å². The number of aryl methyl sites for hydroxylation is 1. The van der Waals surface area contributed by atoms with Crippen LogP contribution in [0.5, 0.6) is 0 Å². The molecule has 0 aliphatic rings. The zero-order chi connectivity index (χ0) is 18.2. The fourth-order valence-electron chi connectivity index (χ4n) is 2.92. The summed E-state index contributed by atoms with van der Waals surface area (Å²) in [5.74, 6) is -0.541. The van der Waals surface area contributed by atoms with Crippen molar-refractivity contribution in [3.63, 3.8) is 0 Å². The Kier molecular flexibility index (Phi) is 5.76. The molecule has 0 fully saturated rings. The van der Waals surface area contributed by atoms with E-state index in [-0.39, 0.29) is 0 Å². The van der Waals surface area contributed by atoms with Gasteiger partial charge in [-0.3, -0.25) is 4.98 Å². The summed E-state index contributed by atoms with van der Waals surface area (Å²) in [6.45, 7) is 0. The number of hydrogen-bond acceptors (Lipinski definition) is 3. The summed E-state index contributed by atoms with van der Waals surface area (Å²) < 4.78 is 0. The summed E-state index contributed by atoms with van der Waals surface area (Å²) in [7, 11) is 0. The van der Waals surface area contributed by atoms with Crippen molar-refractivity contribution in [2.45, 2.75) is 19.3 Å². The summed E-state index contributed by atoms with van der Waals surface area (Å²) in [6.07, 6.45) is 2.09. The maximum Gasteiger partial charge on any atom is 0.133 e. The molecule has 126 valence electrons. The molecule has 0 spiro atoms. The first-order valence-corrected chi connectivity index (χ1v) is 8.71. The van der Waals surface area contributed by atoms with Crippen LogP contribution in [0.1, 0.15) is 18.5 Å². The molecule has 0 saturated carbocycles. The van der Waals surface area contributed by atoms with E-state index in [2.05, 4.69) is 36.4 Å². The van der Waals surface area contributed by atoms with Crippen molar-refractivity contribution in [1.29, 1.82) is 10.5 Å². The van der Waals surface area contributed by atoms with Crippen LogP contribution < -0.4 is 0 Å². The molecule has 0 saturated heterocycles. The molecule has 0 amide bonds. The van der Waals surface area contributed by atoms with Gasteiger partial charge in [-0.25, -0.2) is 0 Å². The summed E-state index contributed by atoms with van der Waals surface area (Å²) in [4.78, 5) is 4.81. The minimum Gasteiger partial charge on any atom is -0.253 e. The Morgan fingerprint density at radius 3 is 2.00 bits per heavy atom. The number of rotatable bonds is 6. The highest BCUT2D eigenvalue weighted by Gasteiger charge is 2.09. The maximum absolute atomic E-state index is 8.92. The van der Waals surface area contributed by atoms with E-state index >= 15 is 0 Å². The summed E-state index contributed by atoms with van der Waals surface area (Å²) in [5, 5.41) is 17.8. The molecule has 26 heavy (non-hydrogen) atoms. The lowest BCUT2D eigenvalue weighted by molar-refractivity contribution is 0.664. The Morgan fingerprint density at radius 1 is 0.769 bits per heavy atom. The topological polar surface area (TPSA) is 60.5 Å². The third kappa shape index (κ3) is 4.35. The molecule has 0 bridgehead atoms. The monoisotopic (exact) mass is 337 g/mol. The largest absolute Gasteiger partial charge is 0.253 e. The molecule has 2 aromatic carbocycles. The molecule has 3 rings (SSSR count). The van der Waals surface area contributed by atoms with Crippen molar-refractivity contribution < 1.29 is 0 Å². The molecule has 0 atom stereocenters. The third-order valence-electron chi connectivity index (χ3n) is 4.29. The lowest BCUT2D eigenvalue weighted by Crippen LogP contribution is -1.98. The van der Waals surface area contributed by atoms with Crippen LogP contribution in [0, 0.1) is 28.6 Å². The van der Waals surface area contributed by atoms with E-state index in [9.17, 15) is 0 Å². The van der Waals surface area contributed by atoms with Gasteiger partial charge in [-0.1, -0.05) is 60.7 Å². The molecule has 0 N–H and O–H groups in total. The van der Waals surface area contributed by atoms with Crippen molar-refractivity contribution in [3.8, 4) is 34.5 Å². The van der Waals surface area contributed by atoms with Crippen LogP contribution in [-0.2, 0) is 6.42 Å². The third-order valence-corrected chi connectivity index (χ3v) is 4.29. The van der Waals surface area contributed by atoms with E-state index in [1.54, 1.807) is 0 Å². The van der Waals surface area contributed by atoms with Gasteiger partial charge in [-0.2, -0.15) is 10.5 Å². The Hall–Kier alpha value is -3.43. The Balaban J connectivity index is 1.91. The van der Waals surface area contributed by atoms with Crippen molar-refractivity contribution in [3.05, 3.63) is 78.5 Å². The van der Waals surface area contributed by atoms with Gasteiger partial charge in [0.25, 0.3) is 0 Å². The first kappa shape index (κ1) is 17.4. The van der Waals surface area contributed by atoms with Gasteiger partial charge in [-0.15, -0.1) is 0 Å². The first-order chi connectivity index (χ1) is 12.8. The number of aromatic nitrogens is 1. The van der Waals surface area contributed by atoms with E-state index in [0.29, 0.717) is 6.42 Å². The summed E-state index contributed by atoms with van der Waals surface area (Å²) >= 11 is 0. The second-order valence-corrected chi connectivity index (χ2v) is 6.17. The lowest BCUT2D eigenvalue weighted by atomic mass is 9.99. The molecule has 3 heteroatoms. The molecule has 0 aliphatic heterocycles. The highest BCUT2D eigenvalue weighted by molar-refractivity contribution is 5.71. The van der Waals surface area contributed by atoms with Crippen LogP contribution in [0.4, 0.5) is 0 Å². The minimum atomic E-state index is -0.541. The smallest absolute Gasteiger partial charge is 0.133 e. The molecule has 0 unspecified atom stereocenters. The zero-order valence-corrected chi connectivity index (χ0v) is 14.5. The normalized spacial score (nSPS) is 10.3. The van der Waals surface area contributed by atoms with Crippen molar-refractivity contribution in [1.82, 2.24) is 4.98 Å². The predicted octanol–water partition coefficient (Wildman–Crippen LogP) is 5.40. The Morgan fingerprint density at radius 2 is 1.38 bits per heavy atom. The van der Waals surface area contributed by atoms with Crippen molar-refractivity contribution >= 4 is 0 Å². The number of pyridine rings is 1. The Labute approximate surface area is 154 Å². The standard InChI is InChI=1S/C23H19N3/c24-16-18(17-25)8-7-13-22-14-21(19-9-3-1-4-10-19)15-23(26-22)20-11-5-2-6-12-20/h1-6,9-12,14-15,18H,7-8,13H2. The average Bonchev–Trinajstić information content (AvgIpc) is 2.72. The van der Waals surface area contributed by atoms with Crippen LogP contribution in [0.25, 0.3) is 22.4 Å². The quantitative estimate of drug-likeness (QED) is 0.605. The van der Waals surface area contributed by atoms with Gasteiger partial charge in [0, 0.05) is 11.3 Å². The molecular formula is C23H19N3. The van der Waals surface area contributed by atoms with Gasteiger partial charge in [0.15, 0.2) is 0 Å². The fourth-order valence-corrected chi connectivity index (χ4v) is 2.92. The highest BCUT2D eigenvalue weighted by Crippen LogP contribution is 2.26. The molecule has 0 aliphatic carbocycles. The molecular weight excluding hydrogens is 318 g/mol. The second kappa shape index (κ2) is 8.60. The number of nitriles is 2. The van der Waals surface area contributed by atoms with Gasteiger partial charge in [0.05, 0.1) is 17.8 Å². The van der Waals surface area contributed by atoms with E-state index in [1.165, 1.54) is 0 Å². The Bertz CT molecular complexity index is 863. The van der Waals surface area contributed by atoms with Crippen LogP contribution in [-0.4, -0.2) is 4.98 Å². The maximum atomic E-state index is 8.92. The van der Waals surface area contributed by atoms with Crippen LogP contribution in [0.2, 0.25) is 0 Å². The van der Waals surface area contributed by atoms with Gasteiger partial charge in [-0.05, 0) is 42.5 Å². The number of hydrogen-bond donors (Lipinski definition) is 0. The summed E-state index contributed by atoms with van der Waals surface area (Å²) in [5.41, 5.74) is 5.30. The lowest BCUT2D eigenvalue weighted by Gasteiger charge is -2.10. The average molecular weight is 337 g/mol. The zero-order valence-electron chi connectivity index (χ0n) is 14.5. The predicted molar refractivity (Wildman–Crippen MR) is 103 cm³/mol. The van der Waals surface area contributed by atoms with Crippen LogP contribution in [0.15, 0.2) is 72.8 Å². The SMILES string of the molecule is N#CC(C#N)CCCc1cc(-c2ccccc2)cc(-c2ccccc2)n1. The van der Waals surface area contributed by atoms with Gasteiger partial charge in [0.1, 0.15) is 5.92 Å². The van der Waals surface area contributed by atoms with Gasteiger partial charge in [0.2, 0.25) is 0 Å². The van der Waals surface area contributed by atoms with Crippen molar-refractivity contribution in [2.75, 3.05) is 0 Å². The van der Waals surface area contributed by atoms with Crippen LogP contribution >= 0.6 is 0 Å². The molecule has 3 aromatic rings. The molecule has 3 nitrogen and oxygen atoms in total. The fraction of sp³-hybridized carbons (Fsp3) is 0.174. The van der Waals surface area contributed by atoms with E-state index in [1.807, 2.05) is 48.5 Å². The minimum absolute atomic E-state index is 0.541. The van der Waals surface area contributed by atoms with Gasteiger partial charge < -0.3 is 0 Å². The highest BCUT2D eigenvalue weighted by atomic mass is 14.7. The number of nitrogens with zero attached hydrogens (tertiary/aromatic N) is 3.